The molecular formula is C11H18N6OP+. The zero-order chi connectivity index (χ0) is 13.8. The first-order valence-electron chi connectivity index (χ1n) is 6.02. The average Bonchev–Trinajstić information content (AvgIpc) is 2.77. The molecule has 2 heterocycles. The molecule has 1 aromatic heterocycles. The van der Waals surface area contributed by atoms with E-state index in [4.69, 9.17) is 4.62 Å². The Labute approximate surface area is 112 Å². The third-order valence-corrected chi connectivity index (χ3v) is 6.84. The zero-order valence-corrected chi connectivity index (χ0v) is 12.7. The highest BCUT2D eigenvalue weighted by atomic mass is 31.2. The van der Waals surface area contributed by atoms with Gasteiger partial charge in [-0.3, -0.25) is 0 Å². The van der Waals surface area contributed by atoms with Gasteiger partial charge in [0.2, 0.25) is 0 Å². The Hall–Kier alpha value is -1.43. The maximum absolute atomic E-state index is 6.20. The van der Waals surface area contributed by atoms with E-state index in [-0.39, 0.29) is 0 Å². The van der Waals surface area contributed by atoms with Crippen LogP contribution in [0.3, 0.4) is 0 Å². The van der Waals surface area contributed by atoms with E-state index < -0.39 is 7.94 Å². The third kappa shape index (κ3) is 1.49. The highest BCUT2D eigenvalue weighted by Crippen LogP contribution is 2.66. The van der Waals surface area contributed by atoms with Gasteiger partial charge in [0.25, 0.3) is 0 Å². The van der Waals surface area contributed by atoms with Gasteiger partial charge in [-0.05, 0) is 22.2 Å². The molecule has 2 aromatic rings. The number of anilines is 1. The third-order valence-electron chi connectivity index (χ3n) is 3.39. The molecule has 8 heteroatoms. The lowest BCUT2D eigenvalue weighted by molar-refractivity contribution is 0.209. The quantitative estimate of drug-likeness (QED) is 0.769. The highest BCUT2D eigenvalue weighted by Gasteiger charge is 2.59. The van der Waals surface area contributed by atoms with Crippen molar-refractivity contribution in [1.29, 1.82) is 0 Å². The van der Waals surface area contributed by atoms with E-state index in [2.05, 4.69) is 37.4 Å². The topological polar surface area (TPSA) is 49.7 Å². The van der Waals surface area contributed by atoms with Crippen LogP contribution in [0.15, 0.2) is 18.2 Å². The lowest BCUT2D eigenvalue weighted by atomic mass is 10.3. The molecule has 0 saturated heterocycles. The van der Waals surface area contributed by atoms with Crippen LogP contribution in [0, 0.1) is 0 Å². The minimum Gasteiger partial charge on any atom is -0.184 e. The van der Waals surface area contributed by atoms with Gasteiger partial charge < -0.3 is 0 Å². The van der Waals surface area contributed by atoms with Gasteiger partial charge >= 0.3 is 7.94 Å². The van der Waals surface area contributed by atoms with Crippen LogP contribution in [0.4, 0.5) is 5.69 Å². The van der Waals surface area contributed by atoms with Gasteiger partial charge in [0.05, 0.1) is 0 Å². The minimum atomic E-state index is -2.12. The summed E-state index contributed by atoms with van der Waals surface area (Å²) < 4.78 is 12.6. The van der Waals surface area contributed by atoms with Crippen molar-refractivity contribution in [3.05, 3.63) is 18.2 Å². The van der Waals surface area contributed by atoms with Crippen LogP contribution in [0.1, 0.15) is 0 Å². The van der Waals surface area contributed by atoms with Crippen molar-refractivity contribution in [2.24, 2.45) is 0 Å². The normalized spacial score (nSPS) is 17.3. The minimum absolute atomic E-state index is 0.847. The molecule has 0 aliphatic carbocycles. The van der Waals surface area contributed by atoms with Gasteiger partial charge in [0, 0.05) is 35.2 Å². The average molecular weight is 281 g/mol. The largest absolute Gasteiger partial charge is 0.473 e. The first-order chi connectivity index (χ1) is 8.98. The van der Waals surface area contributed by atoms with E-state index >= 15 is 0 Å². The molecule has 0 amide bonds. The molecule has 1 aliphatic rings. The van der Waals surface area contributed by atoms with E-state index in [1.807, 2.05) is 40.3 Å². The smallest absolute Gasteiger partial charge is 0.184 e. The summed E-state index contributed by atoms with van der Waals surface area (Å²) in [6.45, 7) is 0. The van der Waals surface area contributed by atoms with Gasteiger partial charge in [-0.2, -0.15) is 9.29 Å². The summed E-state index contributed by atoms with van der Waals surface area (Å²) >= 11 is 0. The maximum Gasteiger partial charge on any atom is 0.473 e. The number of aromatic nitrogens is 3. The molecule has 1 aromatic carbocycles. The fourth-order valence-electron chi connectivity index (χ4n) is 2.59. The van der Waals surface area contributed by atoms with E-state index in [0.717, 1.165) is 16.7 Å². The number of rotatable bonds is 2. The van der Waals surface area contributed by atoms with Crippen molar-refractivity contribution in [3.63, 3.8) is 0 Å². The number of benzene rings is 1. The number of nitrogens with zero attached hydrogens (tertiary/aromatic N) is 6. The van der Waals surface area contributed by atoms with Gasteiger partial charge in [-0.15, -0.1) is 14.4 Å². The zero-order valence-electron chi connectivity index (χ0n) is 11.8. The Morgan fingerprint density at radius 1 is 1.16 bits per heavy atom. The van der Waals surface area contributed by atoms with Crippen molar-refractivity contribution in [2.45, 2.75) is 0 Å². The molecular weight excluding hydrogens is 263 g/mol. The Morgan fingerprint density at radius 2 is 1.84 bits per heavy atom. The Bertz CT molecular complexity index is 617. The number of para-hydroxylation sites is 1. The summed E-state index contributed by atoms with van der Waals surface area (Å²) in [6, 6.07) is 6.02. The van der Waals surface area contributed by atoms with Crippen molar-refractivity contribution >= 4 is 24.7 Å². The fourth-order valence-corrected chi connectivity index (χ4v) is 5.54. The van der Waals surface area contributed by atoms with Crippen molar-refractivity contribution < 1.29 is 4.62 Å². The molecule has 0 saturated carbocycles. The molecule has 19 heavy (non-hydrogen) atoms. The van der Waals surface area contributed by atoms with Crippen LogP contribution in [0.5, 0.6) is 0 Å². The molecule has 102 valence electrons. The second kappa shape index (κ2) is 4.03. The Morgan fingerprint density at radius 3 is 2.47 bits per heavy atom. The summed E-state index contributed by atoms with van der Waals surface area (Å²) in [5.41, 5.74) is 2.86. The molecule has 3 rings (SSSR count). The van der Waals surface area contributed by atoms with Crippen molar-refractivity contribution in [1.82, 2.24) is 24.5 Å². The molecule has 1 aliphatic heterocycles. The number of hydrogen-bond acceptors (Lipinski definition) is 6. The van der Waals surface area contributed by atoms with Crippen LogP contribution < -0.4 is 9.29 Å². The van der Waals surface area contributed by atoms with E-state index in [1.54, 1.807) is 4.85 Å². The summed E-state index contributed by atoms with van der Waals surface area (Å²) in [7, 11) is 8.01. The molecule has 0 radical (unpaired) electrons. The molecule has 0 fully saturated rings. The van der Waals surface area contributed by atoms with Crippen LogP contribution in [0.25, 0.3) is 11.0 Å². The predicted octanol–water partition coefficient (Wildman–Crippen LogP) is 1.11. The second-order valence-electron chi connectivity index (χ2n) is 4.92. The van der Waals surface area contributed by atoms with Crippen LogP contribution in [-0.4, -0.2) is 59.7 Å². The Kier molecular flexibility index (Phi) is 2.67. The monoisotopic (exact) mass is 281 g/mol. The van der Waals surface area contributed by atoms with E-state index in [0.29, 0.717) is 0 Å². The highest BCUT2D eigenvalue weighted by molar-refractivity contribution is 7.68. The summed E-state index contributed by atoms with van der Waals surface area (Å²) in [4.78, 5) is 1.55. The fraction of sp³-hybridized carbons (Fsp3) is 0.455. The van der Waals surface area contributed by atoms with Crippen molar-refractivity contribution in [3.8, 4) is 0 Å². The van der Waals surface area contributed by atoms with Gasteiger partial charge in [-0.1, -0.05) is 6.07 Å². The molecule has 0 N–H and O–H groups in total. The summed E-state index contributed by atoms with van der Waals surface area (Å²) in [5, 5.41) is 8.26. The van der Waals surface area contributed by atoms with Crippen molar-refractivity contribution in [2.75, 3.05) is 39.9 Å². The molecule has 0 spiro atoms. The van der Waals surface area contributed by atoms with Gasteiger partial charge in [-0.25, -0.2) is 0 Å². The number of hydrogen-bond donors (Lipinski definition) is 0. The standard InChI is InChI=1S/C11H18N6OP/c1-14(2)19(15(3)4)16(5)10-8-6-7-9-11(10)17(18-19)13-12-9/h6-8H,1-5H3/q+1. The predicted molar refractivity (Wildman–Crippen MR) is 76.8 cm³/mol. The first-order valence-corrected chi connectivity index (χ1v) is 7.58. The SMILES string of the molecule is CN(C)[P+]1(N(C)C)On2nnc3cccc(c32)N1C. The van der Waals surface area contributed by atoms with Crippen LogP contribution in [0.2, 0.25) is 0 Å². The van der Waals surface area contributed by atoms with Crippen LogP contribution >= 0.6 is 7.94 Å². The van der Waals surface area contributed by atoms with Gasteiger partial charge in [0.1, 0.15) is 11.2 Å². The lowest BCUT2D eigenvalue weighted by Gasteiger charge is -2.40. The van der Waals surface area contributed by atoms with Gasteiger partial charge in [0.15, 0.2) is 5.52 Å². The van der Waals surface area contributed by atoms with Crippen LogP contribution in [-0.2, 0) is 0 Å². The summed E-state index contributed by atoms with van der Waals surface area (Å²) in [5.74, 6) is 0. The first kappa shape index (κ1) is 12.6. The molecule has 0 bridgehead atoms. The second-order valence-corrected chi connectivity index (χ2v) is 8.31. The molecule has 7 nitrogen and oxygen atoms in total. The molecule has 0 atom stereocenters. The summed E-state index contributed by atoms with van der Waals surface area (Å²) in [6.07, 6.45) is 0. The maximum atomic E-state index is 6.20. The van der Waals surface area contributed by atoms with E-state index in [1.165, 1.54) is 0 Å². The van der Waals surface area contributed by atoms with E-state index in [9.17, 15) is 0 Å². The molecule has 0 unspecified atom stereocenters. The Balaban J connectivity index is 2.26. The lowest BCUT2D eigenvalue weighted by Crippen LogP contribution is -2.45.